The average Bonchev–Trinajstić information content (AvgIpc) is 2.76. The number of halogens is 3. The summed E-state index contributed by atoms with van der Waals surface area (Å²) in [4.78, 5) is 12.5. The molecule has 32 heavy (non-hydrogen) atoms. The van der Waals surface area contributed by atoms with Gasteiger partial charge in [0.1, 0.15) is 19.1 Å². The molecule has 172 valence electrons. The Labute approximate surface area is 194 Å². The van der Waals surface area contributed by atoms with E-state index in [1.54, 1.807) is 36.4 Å². The lowest BCUT2D eigenvalue weighted by molar-refractivity contribution is 0.115. The van der Waals surface area contributed by atoms with Gasteiger partial charge in [0.05, 0.1) is 11.6 Å². The fraction of sp³-hybridized carbons (Fsp3) is 0.364. The lowest BCUT2D eigenvalue weighted by Gasteiger charge is -2.34. The van der Waals surface area contributed by atoms with Crippen LogP contribution in [0, 0.1) is 17.1 Å². The molecule has 10 heteroatoms. The van der Waals surface area contributed by atoms with E-state index in [0.29, 0.717) is 10.0 Å². The van der Waals surface area contributed by atoms with Gasteiger partial charge in [-0.25, -0.2) is 22.0 Å². The van der Waals surface area contributed by atoms with Crippen molar-refractivity contribution in [2.45, 2.75) is 36.7 Å². The second-order valence-corrected chi connectivity index (χ2v) is 11.0. The van der Waals surface area contributed by atoms with Crippen molar-refractivity contribution in [3.8, 4) is 6.07 Å². The normalized spacial score (nSPS) is 15.1. The fourth-order valence-corrected chi connectivity index (χ4v) is 4.03. The van der Waals surface area contributed by atoms with Crippen LogP contribution in [-0.4, -0.2) is 32.2 Å². The molecule has 0 heterocycles. The minimum Gasteiger partial charge on any atom is -0.445 e. The number of rotatable bonds is 9. The van der Waals surface area contributed by atoms with E-state index in [-0.39, 0.29) is 25.0 Å². The lowest BCUT2D eigenvalue weighted by Crippen LogP contribution is -2.50. The average molecular weight is 529 g/mol. The number of carbonyl (C=O) groups excluding carboxylic acids is 1. The third-order valence-electron chi connectivity index (χ3n) is 5.31. The quantitative estimate of drug-likeness (QED) is 0.504. The third-order valence-corrected chi connectivity index (χ3v) is 7.74. The van der Waals surface area contributed by atoms with E-state index in [1.165, 1.54) is 19.1 Å². The largest absolute Gasteiger partial charge is 0.445 e. The summed E-state index contributed by atoms with van der Waals surface area (Å²) < 4.78 is 57.2. The Balaban J connectivity index is 2.38. The van der Waals surface area contributed by atoms with Crippen molar-refractivity contribution in [3.05, 3.63) is 69.9 Å². The molecule has 0 fully saturated rings. The first-order chi connectivity index (χ1) is 15.0. The highest BCUT2D eigenvalue weighted by Gasteiger charge is 2.43. The van der Waals surface area contributed by atoms with Crippen LogP contribution in [0.4, 0.5) is 13.6 Å². The first-order valence-corrected chi connectivity index (χ1v) is 12.3. The topological polar surface area (TPSA) is 96.3 Å². The summed E-state index contributed by atoms with van der Waals surface area (Å²) in [7, 11) is -3.85. The van der Waals surface area contributed by atoms with Gasteiger partial charge in [0, 0.05) is 16.3 Å². The Morgan fingerprint density at radius 1 is 1.22 bits per heavy atom. The number of alkyl carbamates (subject to hydrolysis) is 1. The maximum atomic E-state index is 14.7. The van der Waals surface area contributed by atoms with Crippen LogP contribution in [0.1, 0.15) is 30.9 Å². The Morgan fingerprint density at radius 3 is 2.44 bits per heavy atom. The van der Waals surface area contributed by atoms with E-state index < -0.39 is 38.7 Å². The number of carbonyl (C=O) groups is 1. The second-order valence-electron chi connectivity index (χ2n) is 7.64. The van der Waals surface area contributed by atoms with E-state index in [9.17, 15) is 27.3 Å². The number of benzene rings is 2. The number of ether oxygens (including phenoxy) is 1. The second kappa shape index (κ2) is 10.4. The molecule has 0 aliphatic rings. The molecule has 0 radical (unpaired) electrons. The van der Waals surface area contributed by atoms with Crippen molar-refractivity contribution in [1.82, 2.24) is 5.32 Å². The Bertz CT molecular complexity index is 1110. The van der Waals surface area contributed by atoms with Crippen molar-refractivity contribution in [2.75, 3.05) is 12.9 Å². The number of alkyl halides is 1. The predicted octanol–water partition coefficient (Wildman–Crippen LogP) is 4.79. The summed E-state index contributed by atoms with van der Waals surface area (Å²) in [6, 6.07) is 14.3. The number of amides is 1. The number of nitrogens with zero attached hydrogens (tertiary/aromatic N) is 1. The number of hydrogen-bond acceptors (Lipinski definition) is 5. The first-order valence-electron chi connectivity index (χ1n) is 9.57. The van der Waals surface area contributed by atoms with Crippen LogP contribution in [0.2, 0.25) is 0 Å². The molecule has 0 saturated carbocycles. The van der Waals surface area contributed by atoms with E-state index >= 15 is 0 Å². The Kier molecular flexibility index (Phi) is 8.37. The molecule has 0 saturated heterocycles. The number of sulfone groups is 1. The van der Waals surface area contributed by atoms with Gasteiger partial charge >= 0.3 is 6.09 Å². The van der Waals surface area contributed by atoms with E-state index in [0.717, 1.165) is 12.3 Å². The molecule has 2 atom stereocenters. The smallest absolute Gasteiger partial charge is 0.408 e. The van der Waals surface area contributed by atoms with Crippen LogP contribution in [0.5, 0.6) is 0 Å². The maximum Gasteiger partial charge on any atom is 0.408 e. The minimum absolute atomic E-state index is 0.102. The molecule has 1 unspecified atom stereocenters. The van der Waals surface area contributed by atoms with Crippen molar-refractivity contribution in [2.24, 2.45) is 0 Å². The maximum absolute atomic E-state index is 14.7. The van der Waals surface area contributed by atoms with Gasteiger partial charge in [0.25, 0.3) is 0 Å². The molecule has 2 aromatic rings. The van der Waals surface area contributed by atoms with Crippen LogP contribution in [0.3, 0.4) is 0 Å². The van der Waals surface area contributed by atoms with E-state index in [2.05, 4.69) is 21.2 Å². The number of nitrogens with one attached hydrogen (secondary N) is 1. The van der Waals surface area contributed by atoms with Crippen molar-refractivity contribution in [1.29, 1.82) is 5.26 Å². The van der Waals surface area contributed by atoms with Crippen molar-refractivity contribution >= 4 is 31.9 Å². The summed E-state index contributed by atoms with van der Waals surface area (Å²) in [6.07, 6.45) is -0.830. The van der Waals surface area contributed by atoms with Crippen LogP contribution >= 0.6 is 15.9 Å². The van der Waals surface area contributed by atoms with Gasteiger partial charge in [0.2, 0.25) is 0 Å². The van der Waals surface area contributed by atoms with Crippen LogP contribution < -0.4 is 5.32 Å². The molecule has 0 spiro atoms. The summed E-state index contributed by atoms with van der Waals surface area (Å²) in [5.74, 6) is -0.799. The molecule has 2 aromatic carbocycles. The molecular formula is C22H23BrF2N2O4S. The number of nitriles is 1. The highest BCUT2D eigenvalue weighted by Crippen LogP contribution is 2.35. The van der Waals surface area contributed by atoms with Gasteiger partial charge in [-0.3, -0.25) is 0 Å². The zero-order chi connectivity index (χ0) is 24.0. The predicted molar refractivity (Wildman–Crippen MR) is 120 cm³/mol. The highest BCUT2D eigenvalue weighted by atomic mass is 79.9. The minimum atomic E-state index is -3.85. The molecule has 0 bridgehead atoms. The van der Waals surface area contributed by atoms with Gasteiger partial charge in [0.15, 0.2) is 14.6 Å². The molecule has 1 amide bonds. The standard InChI is InChI=1S/C22H23BrF2N2O4S/c1-21(15-26,32(2,29)30)10-11-22(14-24,18-12-17(23)8-9-19(18)25)27-20(28)31-13-16-6-4-3-5-7-16/h3-9,12H,10-11,13-14H2,1-2H3,(H,27,28)/t21?,22-/m1/s1. The van der Waals surface area contributed by atoms with Crippen molar-refractivity contribution < 1.29 is 26.7 Å². The Morgan fingerprint density at radius 2 is 1.88 bits per heavy atom. The van der Waals surface area contributed by atoms with Gasteiger partial charge in [-0.1, -0.05) is 46.3 Å². The van der Waals surface area contributed by atoms with Crippen LogP contribution in [0.25, 0.3) is 0 Å². The Hall–Kier alpha value is -2.51. The molecule has 0 aliphatic heterocycles. The zero-order valence-corrected chi connectivity index (χ0v) is 20.0. The summed E-state index contributed by atoms with van der Waals surface area (Å²) in [5.41, 5.74) is -1.46. The molecule has 2 rings (SSSR count). The van der Waals surface area contributed by atoms with Gasteiger partial charge in [-0.2, -0.15) is 5.26 Å². The van der Waals surface area contributed by atoms with Crippen LogP contribution in [0.15, 0.2) is 53.0 Å². The summed E-state index contributed by atoms with van der Waals surface area (Å²) in [5, 5.41) is 11.8. The molecule has 0 aromatic heterocycles. The third kappa shape index (κ3) is 6.04. The molecule has 0 aliphatic carbocycles. The lowest BCUT2D eigenvalue weighted by atomic mass is 9.84. The number of hydrogen-bond donors (Lipinski definition) is 1. The summed E-state index contributed by atoms with van der Waals surface area (Å²) >= 11 is 3.20. The van der Waals surface area contributed by atoms with E-state index in [4.69, 9.17) is 4.74 Å². The zero-order valence-electron chi connectivity index (χ0n) is 17.6. The van der Waals surface area contributed by atoms with E-state index in [1.807, 2.05) is 0 Å². The first kappa shape index (κ1) is 25.7. The van der Waals surface area contributed by atoms with Gasteiger partial charge in [-0.05, 0) is 43.5 Å². The van der Waals surface area contributed by atoms with Gasteiger partial charge < -0.3 is 10.1 Å². The summed E-state index contributed by atoms with van der Waals surface area (Å²) in [6.45, 7) is -0.155. The fourth-order valence-electron chi connectivity index (χ4n) is 3.03. The van der Waals surface area contributed by atoms with Crippen LogP contribution in [-0.2, 0) is 26.7 Å². The van der Waals surface area contributed by atoms with Crippen molar-refractivity contribution in [3.63, 3.8) is 0 Å². The highest BCUT2D eigenvalue weighted by molar-refractivity contribution is 9.10. The molecule has 1 N–H and O–H groups in total. The SMILES string of the molecule is CC(C#N)(CC[C@](CF)(NC(=O)OCc1ccccc1)c1cc(Br)ccc1F)S(C)(=O)=O. The molecule has 6 nitrogen and oxygen atoms in total. The monoisotopic (exact) mass is 528 g/mol. The van der Waals surface area contributed by atoms with Gasteiger partial charge in [-0.15, -0.1) is 0 Å². The molecular weight excluding hydrogens is 506 g/mol.